The number of nitrogen functional groups attached to an aromatic ring is 1. The number of rotatable bonds is 6. The topological polar surface area (TPSA) is 109 Å². The van der Waals surface area contributed by atoms with Gasteiger partial charge in [0.1, 0.15) is 0 Å². The maximum Gasteiger partial charge on any atom is 0.243 e. The molecule has 2 unspecified atom stereocenters. The summed E-state index contributed by atoms with van der Waals surface area (Å²) in [6, 6.07) is -0.00105. The summed E-state index contributed by atoms with van der Waals surface area (Å²) in [4.78, 5) is 14.1. The number of hydrazine groups is 1. The molecule has 0 amide bonds. The third-order valence-electron chi connectivity index (χ3n) is 2.01. The van der Waals surface area contributed by atoms with Crippen molar-refractivity contribution in [3.63, 3.8) is 0 Å². The molecule has 0 fully saturated rings. The molecule has 9 heteroatoms. The summed E-state index contributed by atoms with van der Waals surface area (Å²) in [5.41, 5.74) is 2.39. The Balaban J connectivity index is 2.87. The molecule has 1 rings (SSSR count). The lowest BCUT2D eigenvalue weighted by atomic mass is 10.4. The van der Waals surface area contributed by atoms with Crippen LogP contribution >= 0.6 is 0 Å². The van der Waals surface area contributed by atoms with Crippen molar-refractivity contribution in [2.45, 2.75) is 13.0 Å². The predicted molar refractivity (Wildman–Crippen MR) is 74.0 cm³/mol. The van der Waals surface area contributed by atoms with E-state index in [1.54, 1.807) is 11.2 Å². The lowest BCUT2D eigenvalue weighted by molar-refractivity contribution is 0.682. The Kier molecular flexibility index (Phi) is 5.23. The second-order valence-electron chi connectivity index (χ2n) is 4.11. The molecule has 0 saturated heterocycles. The summed E-state index contributed by atoms with van der Waals surface area (Å²) in [5.74, 6) is 7.00. The molecular weight excluding hydrogens is 254 g/mol. The quantitative estimate of drug-likeness (QED) is 0.466. The molecule has 0 radical (unpaired) electrons. The van der Waals surface area contributed by atoms with Crippen molar-refractivity contribution in [2.75, 3.05) is 41.7 Å². The van der Waals surface area contributed by atoms with E-state index in [0.29, 0.717) is 17.6 Å². The molecule has 0 aliphatic rings. The number of hydrogen-bond donors (Lipinski definition) is 3. The van der Waals surface area contributed by atoms with Crippen LogP contribution in [0.3, 0.4) is 0 Å². The highest BCUT2D eigenvalue weighted by Crippen LogP contribution is 2.11. The van der Waals surface area contributed by atoms with E-state index in [1.807, 2.05) is 21.0 Å². The fourth-order valence-corrected chi connectivity index (χ4v) is 2.10. The predicted octanol–water partition coefficient (Wildman–Crippen LogP) is -0.598. The monoisotopic (exact) mass is 273 g/mol. The number of anilines is 3. The highest BCUT2D eigenvalue weighted by atomic mass is 32.2. The standard InChI is InChI=1S/C9H19N7OS/c1-6(5-18(4)17)11-7-12-8(15-10)14-9(13-7)16(2)3/h6H,5,10H2,1-4H3,(H2,11,12,13,14,15). The van der Waals surface area contributed by atoms with Crippen molar-refractivity contribution in [1.29, 1.82) is 0 Å². The molecule has 0 bridgehead atoms. The highest BCUT2D eigenvalue weighted by molar-refractivity contribution is 7.84. The van der Waals surface area contributed by atoms with Crippen LogP contribution in [0.2, 0.25) is 0 Å². The molecule has 18 heavy (non-hydrogen) atoms. The molecule has 4 N–H and O–H groups in total. The first-order valence-corrected chi connectivity index (χ1v) is 7.11. The van der Waals surface area contributed by atoms with Crippen LogP contribution in [0.15, 0.2) is 0 Å². The van der Waals surface area contributed by atoms with E-state index >= 15 is 0 Å². The Hall–Kier alpha value is -1.48. The van der Waals surface area contributed by atoms with Gasteiger partial charge in [0.25, 0.3) is 0 Å². The first kappa shape index (κ1) is 14.6. The van der Waals surface area contributed by atoms with Gasteiger partial charge in [-0.25, -0.2) is 5.84 Å². The minimum absolute atomic E-state index is 0.00105. The van der Waals surface area contributed by atoms with Crippen molar-refractivity contribution >= 4 is 28.6 Å². The zero-order valence-electron chi connectivity index (χ0n) is 11.0. The van der Waals surface area contributed by atoms with E-state index in [9.17, 15) is 4.21 Å². The highest BCUT2D eigenvalue weighted by Gasteiger charge is 2.10. The van der Waals surface area contributed by atoms with Gasteiger partial charge in [0.15, 0.2) is 0 Å². The van der Waals surface area contributed by atoms with Crippen molar-refractivity contribution in [3.05, 3.63) is 0 Å². The van der Waals surface area contributed by atoms with E-state index in [0.717, 1.165) is 0 Å². The van der Waals surface area contributed by atoms with Crippen LogP contribution < -0.4 is 21.5 Å². The third kappa shape index (κ3) is 4.41. The number of aromatic nitrogens is 3. The fourth-order valence-electron chi connectivity index (χ4n) is 1.31. The van der Waals surface area contributed by atoms with Gasteiger partial charge in [-0.15, -0.1) is 0 Å². The molecule has 1 aromatic heterocycles. The minimum Gasteiger partial charge on any atom is -0.351 e. The molecule has 0 saturated carbocycles. The Bertz CT molecular complexity index is 425. The van der Waals surface area contributed by atoms with E-state index in [2.05, 4.69) is 25.7 Å². The summed E-state index contributed by atoms with van der Waals surface area (Å²) < 4.78 is 11.1. The zero-order valence-corrected chi connectivity index (χ0v) is 11.8. The molecule has 1 aromatic rings. The van der Waals surface area contributed by atoms with Gasteiger partial charge in [0.05, 0.1) is 0 Å². The number of nitrogens with zero attached hydrogens (tertiary/aromatic N) is 4. The molecule has 2 atom stereocenters. The van der Waals surface area contributed by atoms with Gasteiger partial charge in [0, 0.05) is 42.9 Å². The van der Waals surface area contributed by atoms with Gasteiger partial charge >= 0.3 is 0 Å². The molecule has 8 nitrogen and oxygen atoms in total. The summed E-state index contributed by atoms with van der Waals surface area (Å²) in [5, 5.41) is 3.07. The van der Waals surface area contributed by atoms with Crippen molar-refractivity contribution in [2.24, 2.45) is 5.84 Å². The van der Waals surface area contributed by atoms with Gasteiger partial charge in [0.2, 0.25) is 17.8 Å². The smallest absolute Gasteiger partial charge is 0.243 e. The number of nitrogens with one attached hydrogen (secondary N) is 2. The van der Waals surface area contributed by atoms with E-state index in [-0.39, 0.29) is 12.0 Å². The average Bonchev–Trinajstić information content (AvgIpc) is 2.27. The van der Waals surface area contributed by atoms with Gasteiger partial charge in [-0.2, -0.15) is 15.0 Å². The van der Waals surface area contributed by atoms with Gasteiger partial charge in [-0.3, -0.25) is 9.63 Å². The van der Waals surface area contributed by atoms with Crippen LogP contribution in [0.25, 0.3) is 0 Å². The molecular formula is C9H19N7OS. The molecule has 0 spiro atoms. The molecule has 0 aliphatic heterocycles. The number of nitrogens with two attached hydrogens (primary N) is 1. The Morgan fingerprint density at radius 2 is 1.94 bits per heavy atom. The first-order chi connectivity index (χ1) is 8.42. The van der Waals surface area contributed by atoms with Crippen molar-refractivity contribution in [3.8, 4) is 0 Å². The second-order valence-corrected chi connectivity index (χ2v) is 5.59. The summed E-state index contributed by atoms with van der Waals surface area (Å²) in [7, 11) is 2.77. The Morgan fingerprint density at radius 1 is 1.33 bits per heavy atom. The van der Waals surface area contributed by atoms with Crippen LogP contribution in [0.1, 0.15) is 6.92 Å². The van der Waals surface area contributed by atoms with Crippen molar-refractivity contribution in [1.82, 2.24) is 15.0 Å². The lowest BCUT2D eigenvalue weighted by Crippen LogP contribution is -2.25. The maximum absolute atomic E-state index is 11.1. The van der Waals surface area contributed by atoms with Gasteiger partial charge in [-0.05, 0) is 6.92 Å². The summed E-state index contributed by atoms with van der Waals surface area (Å²) >= 11 is 0. The van der Waals surface area contributed by atoms with Crippen molar-refractivity contribution < 1.29 is 4.21 Å². The average molecular weight is 273 g/mol. The van der Waals surface area contributed by atoms with Crippen LogP contribution in [0, 0.1) is 0 Å². The largest absolute Gasteiger partial charge is 0.351 e. The Morgan fingerprint density at radius 3 is 2.44 bits per heavy atom. The van der Waals surface area contributed by atoms with Crippen LogP contribution in [0.4, 0.5) is 17.8 Å². The zero-order chi connectivity index (χ0) is 13.7. The SMILES string of the molecule is CC(CS(C)=O)Nc1nc(NN)nc(N(C)C)n1. The molecule has 0 aliphatic carbocycles. The normalized spacial score (nSPS) is 13.8. The second kappa shape index (κ2) is 6.45. The molecule has 0 aromatic carbocycles. The van der Waals surface area contributed by atoms with E-state index in [1.165, 1.54) is 0 Å². The maximum atomic E-state index is 11.1. The summed E-state index contributed by atoms with van der Waals surface area (Å²) in [6.07, 6.45) is 1.66. The molecule has 1 heterocycles. The van der Waals surface area contributed by atoms with Gasteiger partial charge < -0.3 is 10.2 Å². The Labute approximate surface area is 109 Å². The van der Waals surface area contributed by atoms with Crippen LogP contribution in [-0.4, -0.2) is 51.3 Å². The summed E-state index contributed by atoms with van der Waals surface area (Å²) in [6.45, 7) is 1.91. The molecule has 102 valence electrons. The van der Waals surface area contributed by atoms with Crippen LogP contribution in [-0.2, 0) is 10.8 Å². The van der Waals surface area contributed by atoms with Gasteiger partial charge in [-0.1, -0.05) is 0 Å². The third-order valence-corrected chi connectivity index (χ3v) is 2.98. The van der Waals surface area contributed by atoms with E-state index < -0.39 is 10.8 Å². The minimum atomic E-state index is -0.875. The fraction of sp³-hybridized carbons (Fsp3) is 0.667. The lowest BCUT2D eigenvalue weighted by Gasteiger charge is -2.16. The van der Waals surface area contributed by atoms with Crippen LogP contribution in [0.5, 0.6) is 0 Å². The first-order valence-electron chi connectivity index (χ1n) is 5.39. The van der Waals surface area contributed by atoms with E-state index in [4.69, 9.17) is 5.84 Å². The number of hydrogen-bond acceptors (Lipinski definition) is 8.